The van der Waals surface area contributed by atoms with Gasteiger partial charge in [0.1, 0.15) is 5.75 Å². The fourth-order valence-corrected chi connectivity index (χ4v) is 1.71. The van der Waals surface area contributed by atoms with Crippen LogP contribution in [0.3, 0.4) is 0 Å². The zero-order valence-corrected chi connectivity index (χ0v) is 9.87. The van der Waals surface area contributed by atoms with Crippen LogP contribution in [0.1, 0.15) is 18.5 Å². The second kappa shape index (κ2) is 5.50. The molecule has 2 rings (SSSR count). The Hall–Kier alpha value is -1.81. The lowest BCUT2D eigenvalue weighted by atomic mass is 10.1. The Morgan fingerprint density at radius 1 is 1.35 bits per heavy atom. The highest BCUT2D eigenvalue weighted by Gasteiger charge is 2.03. The van der Waals surface area contributed by atoms with Crippen molar-refractivity contribution in [2.24, 2.45) is 0 Å². The molecule has 2 aromatic rings. The van der Waals surface area contributed by atoms with E-state index in [9.17, 15) is 5.11 Å². The van der Waals surface area contributed by atoms with Crippen molar-refractivity contribution in [2.75, 3.05) is 6.54 Å². The number of rotatable bonds is 5. The normalized spacial score (nSPS) is 12.5. The molecule has 1 unspecified atom stereocenters. The molecule has 4 heteroatoms. The number of nitrogens with one attached hydrogen (secondary N) is 1. The van der Waals surface area contributed by atoms with E-state index in [1.54, 1.807) is 18.3 Å². The van der Waals surface area contributed by atoms with Crippen LogP contribution < -0.4 is 5.32 Å². The van der Waals surface area contributed by atoms with Crippen LogP contribution in [0, 0.1) is 0 Å². The van der Waals surface area contributed by atoms with Gasteiger partial charge in [-0.15, -0.1) is 0 Å². The molecule has 1 heterocycles. The van der Waals surface area contributed by atoms with Gasteiger partial charge in [0.25, 0.3) is 0 Å². The van der Waals surface area contributed by atoms with E-state index in [0.717, 1.165) is 13.1 Å². The van der Waals surface area contributed by atoms with E-state index in [4.69, 9.17) is 0 Å². The van der Waals surface area contributed by atoms with E-state index in [-0.39, 0.29) is 6.04 Å². The minimum Gasteiger partial charge on any atom is -0.508 e. The van der Waals surface area contributed by atoms with Crippen molar-refractivity contribution in [3.8, 4) is 5.75 Å². The summed E-state index contributed by atoms with van der Waals surface area (Å²) in [5.74, 6) is 0.303. The molecule has 0 saturated heterocycles. The Morgan fingerprint density at radius 2 is 2.12 bits per heavy atom. The van der Waals surface area contributed by atoms with Crippen molar-refractivity contribution in [1.29, 1.82) is 0 Å². The maximum Gasteiger partial charge on any atom is 0.115 e. The number of benzene rings is 1. The molecule has 0 aliphatic heterocycles. The topological polar surface area (TPSA) is 50.1 Å². The zero-order valence-electron chi connectivity index (χ0n) is 9.87. The van der Waals surface area contributed by atoms with E-state index in [0.29, 0.717) is 5.75 Å². The number of phenolic OH excluding ortho intramolecular Hbond substituents is 1. The molecule has 1 aromatic heterocycles. The Kier molecular flexibility index (Phi) is 3.77. The number of aromatic nitrogens is 2. The molecule has 17 heavy (non-hydrogen) atoms. The fraction of sp³-hybridized carbons (Fsp3) is 0.308. The highest BCUT2D eigenvalue weighted by atomic mass is 16.3. The van der Waals surface area contributed by atoms with E-state index in [2.05, 4.69) is 17.3 Å². The first-order chi connectivity index (χ1) is 8.25. The third kappa shape index (κ3) is 3.32. The van der Waals surface area contributed by atoms with E-state index < -0.39 is 0 Å². The summed E-state index contributed by atoms with van der Waals surface area (Å²) in [6.07, 6.45) is 3.73. The first kappa shape index (κ1) is 11.7. The van der Waals surface area contributed by atoms with E-state index >= 15 is 0 Å². The maximum absolute atomic E-state index is 9.21. The second-order valence-electron chi connectivity index (χ2n) is 4.04. The van der Waals surface area contributed by atoms with Gasteiger partial charge in [-0.2, -0.15) is 5.10 Å². The van der Waals surface area contributed by atoms with Crippen LogP contribution in [0.5, 0.6) is 5.75 Å². The zero-order chi connectivity index (χ0) is 12.1. The Bertz CT molecular complexity index is 436. The molecule has 0 bridgehead atoms. The lowest BCUT2D eigenvalue weighted by molar-refractivity contribution is 0.473. The molecule has 90 valence electrons. The van der Waals surface area contributed by atoms with E-state index in [1.807, 2.05) is 29.1 Å². The van der Waals surface area contributed by atoms with Gasteiger partial charge in [0, 0.05) is 25.0 Å². The fourth-order valence-electron chi connectivity index (χ4n) is 1.71. The third-order valence-corrected chi connectivity index (χ3v) is 2.74. The van der Waals surface area contributed by atoms with Crippen molar-refractivity contribution in [2.45, 2.75) is 19.5 Å². The van der Waals surface area contributed by atoms with Crippen LogP contribution in [0.4, 0.5) is 0 Å². The summed E-state index contributed by atoms with van der Waals surface area (Å²) in [4.78, 5) is 0. The Balaban J connectivity index is 1.81. The van der Waals surface area contributed by atoms with Crippen molar-refractivity contribution >= 4 is 0 Å². The third-order valence-electron chi connectivity index (χ3n) is 2.74. The van der Waals surface area contributed by atoms with Gasteiger partial charge in [-0.3, -0.25) is 4.68 Å². The van der Waals surface area contributed by atoms with Gasteiger partial charge in [-0.25, -0.2) is 0 Å². The molecule has 0 aliphatic carbocycles. The standard InChI is InChI=1S/C13H17N3O/c1-11(12-3-5-13(17)6-4-12)14-8-10-16-9-2-7-15-16/h2-7,9,11,14,17H,8,10H2,1H3. The first-order valence-corrected chi connectivity index (χ1v) is 5.75. The van der Waals surface area contributed by atoms with Crippen LogP contribution in [0.25, 0.3) is 0 Å². The number of aromatic hydroxyl groups is 1. The van der Waals surface area contributed by atoms with Gasteiger partial charge >= 0.3 is 0 Å². The molecule has 0 fully saturated rings. The number of phenols is 1. The lowest BCUT2D eigenvalue weighted by Crippen LogP contribution is -2.23. The van der Waals surface area contributed by atoms with Gasteiger partial charge in [-0.1, -0.05) is 12.1 Å². The SMILES string of the molecule is CC(NCCn1cccn1)c1ccc(O)cc1. The quantitative estimate of drug-likeness (QED) is 0.826. The molecular weight excluding hydrogens is 214 g/mol. The minimum atomic E-state index is 0.270. The van der Waals surface area contributed by atoms with Gasteiger partial charge < -0.3 is 10.4 Å². The predicted molar refractivity (Wildman–Crippen MR) is 66.8 cm³/mol. The van der Waals surface area contributed by atoms with Crippen molar-refractivity contribution in [1.82, 2.24) is 15.1 Å². The van der Waals surface area contributed by atoms with Crippen molar-refractivity contribution in [3.05, 3.63) is 48.3 Å². The number of nitrogens with zero attached hydrogens (tertiary/aromatic N) is 2. The maximum atomic E-state index is 9.21. The molecule has 0 saturated carbocycles. The highest BCUT2D eigenvalue weighted by Crippen LogP contribution is 2.15. The molecule has 4 nitrogen and oxygen atoms in total. The van der Waals surface area contributed by atoms with Crippen LogP contribution in [-0.4, -0.2) is 21.4 Å². The molecule has 0 aliphatic rings. The van der Waals surface area contributed by atoms with Gasteiger partial charge in [0.2, 0.25) is 0 Å². The lowest BCUT2D eigenvalue weighted by Gasteiger charge is -2.14. The molecule has 0 radical (unpaired) electrons. The Morgan fingerprint density at radius 3 is 2.76 bits per heavy atom. The minimum absolute atomic E-state index is 0.270. The summed E-state index contributed by atoms with van der Waals surface area (Å²) >= 11 is 0. The summed E-state index contributed by atoms with van der Waals surface area (Å²) in [5, 5.41) is 16.8. The monoisotopic (exact) mass is 231 g/mol. The molecule has 1 aromatic carbocycles. The highest BCUT2D eigenvalue weighted by molar-refractivity contribution is 5.27. The van der Waals surface area contributed by atoms with Gasteiger partial charge in [0.05, 0.1) is 6.54 Å². The molecule has 0 amide bonds. The smallest absolute Gasteiger partial charge is 0.115 e. The van der Waals surface area contributed by atoms with Crippen molar-refractivity contribution < 1.29 is 5.11 Å². The molecule has 2 N–H and O–H groups in total. The van der Waals surface area contributed by atoms with Gasteiger partial charge in [0.15, 0.2) is 0 Å². The summed E-state index contributed by atoms with van der Waals surface area (Å²) in [6.45, 7) is 3.83. The second-order valence-corrected chi connectivity index (χ2v) is 4.04. The number of hydrogen-bond acceptors (Lipinski definition) is 3. The Labute approximate surface area is 101 Å². The average molecular weight is 231 g/mol. The number of hydrogen-bond donors (Lipinski definition) is 2. The largest absolute Gasteiger partial charge is 0.508 e. The van der Waals surface area contributed by atoms with Crippen LogP contribution in [0.2, 0.25) is 0 Å². The summed E-state index contributed by atoms with van der Waals surface area (Å²) in [5.41, 5.74) is 1.17. The van der Waals surface area contributed by atoms with Gasteiger partial charge in [-0.05, 0) is 30.7 Å². The molecule has 1 atom stereocenters. The first-order valence-electron chi connectivity index (χ1n) is 5.75. The van der Waals surface area contributed by atoms with E-state index in [1.165, 1.54) is 5.56 Å². The average Bonchev–Trinajstić information content (AvgIpc) is 2.83. The predicted octanol–water partition coefficient (Wildman–Crippen LogP) is 1.94. The molecule has 0 spiro atoms. The summed E-state index contributed by atoms with van der Waals surface area (Å²) in [7, 11) is 0. The molecular formula is C13H17N3O. The van der Waals surface area contributed by atoms with Crippen LogP contribution in [-0.2, 0) is 6.54 Å². The van der Waals surface area contributed by atoms with Crippen LogP contribution >= 0.6 is 0 Å². The van der Waals surface area contributed by atoms with Crippen molar-refractivity contribution in [3.63, 3.8) is 0 Å². The summed E-state index contributed by atoms with van der Waals surface area (Å²) < 4.78 is 1.90. The summed E-state index contributed by atoms with van der Waals surface area (Å²) in [6, 6.07) is 9.47. The van der Waals surface area contributed by atoms with Crippen LogP contribution in [0.15, 0.2) is 42.7 Å².